The lowest BCUT2D eigenvalue weighted by Gasteiger charge is -2.35. The quantitative estimate of drug-likeness (QED) is 0.535. The van der Waals surface area contributed by atoms with Crippen molar-refractivity contribution in [1.29, 1.82) is 0 Å². The molecule has 4 aromatic rings. The molecule has 1 aliphatic rings. The van der Waals surface area contributed by atoms with Gasteiger partial charge in [0.05, 0.1) is 23.5 Å². The predicted molar refractivity (Wildman–Crippen MR) is 107 cm³/mol. The Kier molecular flexibility index (Phi) is 4.36. The minimum absolute atomic E-state index is 0.0952. The first kappa shape index (κ1) is 17.3. The van der Waals surface area contributed by atoms with E-state index in [1.807, 2.05) is 48.5 Å². The van der Waals surface area contributed by atoms with E-state index in [1.165, 1.54) is 0 Å². The van der Waals surface area contributed by atoms with Gasteiger partial charge in [0.15, 0.2) is 11.6 Å². The summed E-state index contributed by atoms with van der Waals surface area (Å²) in [5.41, 5.74) is 2.58. The Morgan fingerprint density at radius 1 is 0.897 bits per heavy atom. The molecule has 0 N–H and O–H groups in total. The van der Waals surface area contributed by atoms with Crippen molar-refractivity contribution in [3.8, 4) is 11.5 Å². The van der Waals surface area contributed by atoms with E-state index in [0.717, 1.165) is 16.9 Å². The molecule has 1 amide bonds. The third-order valence-electron chi connectivity index (χ3n) is 4.98. The molecule has 1 aliphatic heterocycles. The van der Waals surface area contributed by atoms with E-state index in [1.54, 1.807) is 17.4 Å². The van der Waals surface area contributed by atoms with Gasteiger partial charge in [-0.2, -0.15) is 0 Å². The molecule has 1 fully saturated rings. The Morgan fingerprint density at radius 3 is 2.45 bits per heavy atom. The van der Waals surface area contributed by atoms with Crippen molar-refractivity contribution in [3.05, 3.63) is 66.7 Å². The van der Waals surface area contributed by atoms with Crippen LogP contribution in [0.5, 0.6) is 0 Å². The summed E-state index contributed by atoms with van der Waals surface area (Å²) in [6, 6.07) is 15.0. The van der Waals surface area contributed by atoms with Crippen molar-refractivity contribution >= 4 is 22.8 Å². The van der Waals surface area contributed by atoms with Crippen LogP contribution in [-0.2, 0) is 0 Å². The number of benzene rings is 1. The lowest BCUT2D eigenvalue weighted by molar-refractivity contribution is 0.0740. The zero-order chi connectivity index (χ0) is 19.6. The molecule has 4 heterocycles. The largest absolute Gasteiger partial charge is 0.463 e. The zero-order valence-corrected chi connectivity index (χ0v) is 15.6. The molecule has 144 valence electrons. The van der Waals surface area contributed by atoms with Gasteiger partial charge in [0.2, 0.25) is 0 Å². The number of anilines is 1. The zero-order valence-electron chi connectivity index (χ0n) is 15.6. The second-order valence-electron chi connectivity index (χ2n) is 6.78. The average Bonchev–Trinajstić information content (AvgIpc) is 3.33. The smallest absolute Gasteiger partial charge is 0.274 e. The van der Waals surface area contributed by atoms with Crippen molar-refractivity contribution in [2.75, 3.05) is 31.1 Å². The van der Waals surface area contributed by atoms with Crippen LogP contribution in [0.4, 0.5) is 5.82 Å². The van der Waals surface area contributed by atoms with Crippen LogP contribution in [-0.4, -0.2) is 57.2 Å². The molecule has 1 aromatic carbocycles. The second kappa shape index (κ2) is 7.31. The molecule has 0 bridgehead atoms. The summed E-state index contributed by atoms with van der Waals surface area (Å²) in [5, 5.41) is 8.55. The van der Waals surface area contributed by atoms with E-state index in [4.69, 9.17) is 4.42 Å². The fourth-order valence-corrected chi connectivity index (χ4v) is 3.41. The molecule has 8 heteroatoms. The topological polar surface area (TPSA) is 88.3 Å². The molecular formula is C21H18N6O2. The molecule has 0 atom stereocenters. The van der Waals surface area contributed by atoms with Crippen molar-refractivity contribution < 1.29 is 9.21 Å². The molecule has 0 spiro atoms. The number of carbonyl (C=O) groups is 1. The van der Waals surface area contributed by atoms with Crippen LogP contribution in [0.3, 0.4) is 0 Å². The average molecular weight is 386 g/mol. The van der Waals surface area contributed by atoms with Crippen LogP contribution >= 0.6 is 0 Å². The standard InChI is InChI=1S/C21H18N6O2/c28-21(18-14-22-15-4-1-2-5-16(15)23-18)27-11-9-26(10-12-27)20-8-7-17(24-25-20)19-6-3-13-29-19/h1-8,13-14H,9-12H2. The highest BCUT2D eigenvalue weighted by Gasteiger charge is 2.24. The first-order chi connectivity index (χ1) is 14.3. The summed E-state index contributed by atoms with van der Waals surface area (Å²) in [6.45, 7) is 2.55. The Balaban J connectivity index is 1.25. The van der Waals surface area contributed by atoms with Crippen LogP contribution in [0.2, 0.25) is 0 Å². The highest BCUT2D eigenvalue weighted by molar-refractivity contribution is 5.94. The van der Waals surface area contributed by atoms with Gasteiger partial charge in [0.1, 0.15) is 11.4 Å². The lowest BCUT2D eigenvalue weighted by Crippen LogP contribution is -2.49. The molecule has 0 saturated carbocycles. The molecule has 1 saturated heterocycles. The Labute approximate surface area is 166 Å². The van der Waals surface area contributed by atoms with Crippen LogP contribution < -0.4 is 4.90 Å². The fraction of sp³-hybridized carbons (Fsp3) is 0.190. The number of hydrogen-bond donors (Lipinski definition) is 0. The molecular weight excluding hydrogens is 368 g/mol. The van der Waals surface area contributed by atoms with E-state index in [9.17, 15) is 4.79 Å². The van der Waals surface area contributed by atoms with Crippen LogP contribution in [0.25, 0.3) is 22.5 Å². The number of piperazine rings is 1. The first-order valence-corrected chi connectivity index (χ1v) is 9.41. The van der Waals surface area contributed by atoms with E-state index < -0.39 is 0 Å². The minimum Gasteiger partial charge on any atom is -0.463 e. The van der Waals surface area contributed by atoms with Gasteiger partial charge in [0, 0.05) is 26.2 Å². The summed E-state index contributed by atoms with van der Waals surface area (Å²) in [7, 11) is 0. The van der Waals surface area contributed by atoms with E-state index in [0.29, 0.717) is 43.3 Å². The number of para-hydroxylation sites is 2. The van der Waals surface area contributed by atoms with Crippen LogP contribution in [0.15, 0.2) is 65.4 Å². The normalized spacial score (nSPS) is 14.3. The Bertz CT molecular complexity index is 1140. The maximum Gasteiger partial charge on any atom is 0.274 e. The summed E-state index contributed by atoms with van der Waals surface area (Å²) in [6.07, 6.45) is 3.16. The second-order valence-corrected chi connectivity index (χ2v) is 6.78. The molecule has 0 unspecified atom stereocenters. The predicted octanol–water partition coefficient (Wildman–Crippen LogP) is 2.64. The van der Waals surface area contributed by atoms with Crippen molar-refractivity contribution in [2.24, 2.45) is 0 Å². The summed E-state index contributed by atoms with van der Waals surface area (Å²) < 4.78 is 5.34. The Morgan fingerprint density at radius 2 is 1.72 bits per heavy atom. The number of carbonyl (C=O) groups excluding carboxylic acids is 1. The van der Waals surface area contributed by atoms with E-state index >= 15 is 0 Å². The van der Waals surface area contributed by atoms with E-state index in [2.05, 4.69) is 25.1 Å². The van der Waals surface area contributed by atoms with Gasteiger partial charge < -0.3 is 14.2 Å². The summed E-state index contributed by atoms with van der Waals surface area (Å²) >= 11 is 0. The monoisotopic (exact) mass is 386 g/mol. The van der Waals surface area contributed by atoms with Gasteiger partial charge in [-0.3, -0.25) is 9.78 Å². The van der Waals surface area contributed by atoms with Gasteiger partial charge in [-0.25, -0.2) is 4.98 Å². The van der Waals surface area contributed by atoms with Crippen LogP contribution in [0.1, 0.15) is 10.5 Å². The van der Waals surface area contributed by atoms with Gasteiger partial charge in [0.25, 0.3) is 5.91 Å². The van der Waals surface area contributed by atoms with Gasteiger partial charge in [-0.15, -0.1) is 10.2 Å². The van der Waals surface area contributed by atoms with Crippen molar-refractivity contribution in [1.82, 2.24) is 25.1 Å². The molecule has 0 aliphatic carbocycles. The first-order valence-electron chi connectivity index (χ1n) is 9.41. The van der Waals surface area contributed by atoms with Crippen LogP contribution in [0, 0.1) is 0 Å². The molecule has 5 rings (SSSR count). The van der Waals surface area contributed by atoms with E-state index in [-0.39, 0.29) is 5.91 Å². The molecule has 29 heavy (non-hydrogen) atoms. The number of rotatable bonds is 3. The lowest BCUT2D eigenvalue weighted by atomic mass is 10.2. The van der Waals surface area contributed by atoms with Crippen molar-refractivity contribution in [2.45, 2.75) is 0 Å². The van der Waals surface area contributed by atoms with Crippen molar-refractivity contribution in [3.63, 3.8) is 0 Å². The summed E-state index contributed by atoms with van der Waals surface area (Å²) in [4.78, 5) is 25.6. The van der Waals surface area contributed by atoms with Gasteiger partial charge >= 0.3 is 0 Å². The minimum atomic E-state index is -0.0952. The summed E-state index contributed by atoms with van der Waals surface area (Å²) in [5.74, 6) is 1.39. The third kappa shape index (κ3) is 3.40. The molecule has 0 radical (unpaired) electrons. The molecule has 3 aromatic heterocycles. The number of aromatic nitrogens is 4. The highest BCUT2D eigenvalue weighted by atomic mass is 16.3. The number of hydrogen-bond acceptors (Lipinski definition) is 7. The number of nitrogens with zero attached hydrogens (tertiary/aromatic N) is 6. The maximum atomic E-state index is 12.8. The van der Waals surface area contributed by atoms with Gasteiger partial charge in [-0.1, -0.05) is 12.1 Å². The van der Waals surface area contributed by atoms with Gasteiger partial charge in [-0.05, 0) is 36.4 Å². The fourth-order valence-electron chi connectivity index (χ4n) is 3.41. The Hall–Kier alpha value is -3.81. The highest BCUT2D eigenvalue weighted by Crippen LogP contribution is 2.20. The SMILES string of the molecule is O=C(c1cnc2ccccc2n1)N1CCN(c2ccc(-c3ccco3)nn2)CC1. The number of fused-ring (bicyclic) bond motifs is 1. The number of amides is 1. The number of furan rings is 1. The maximum absolute atomic E-state index is 12.8. The third-order valence-corrected chi connectivity index (χ3v) is 4.98. The molecule has 8 nitrogen and oxygen atoms in total.